The zero-order chi connectivity index (χ0) is 13.6. The van der Waals surface area contributed by atoms with Crippen LogP contribution >= 0.6 is 11.3 Å². The maximum Gasteiger partial charge on any atom is 0.326 e. The van der Waals surface area contributed by atoms with E-state index in [0.29, 0.717) is 5.92 Å². The van der Waals surface area contributed by atoms with Gasteiger partial charge < -0.3 is 5.11 Å². The average Bonchev–Trinajstić information content (AvgIpc) is 2.92. The van der Waals surface area contributed by atoms with Crippen LogP contribution in [-0.4, -0.2) is 36.4 Å². The van der Waals surface area contributed by atoms with Crippen LogP contribution in [0.25, 0.3) is 0 Å². The fraction of sp³-hybridized carbons (Fsp3) is 0.417. The molecule has 5 nitrogen and oxygen atoms in total. The predicted octanol–water partition coefficient (Wildman–Crippen LogP) is 1.64. The second kappa shape index (κ2) is 4.43. The van der Waals surface area contributed by atoms with E-state index in [-0.39, 0.29) is 10.8 Å². The molecule has 0 amide bonds. The molecular weight excluding hydrogens is 286 g/mol. The van der Waals surface area contributed by atoms with Gasteiger partial charge in [0.25, 0.3) is 10.0 Å². The lowest BCUT2D eigenvalue weighted by Crippen LogP contribution is -2.40. The molecule has 0 saturated heterocycles. The van der Waals surface area contributed by atoms with E-state index in [4.69, 9.17) is 5.11 Å². The van der Waals surface area contributed by atoms with Gasteiger partial charge in [-0.2, -0.15) is 4.31 Å². The molecule has 1 aliphatic heterocycles. The molecule has 0 radical (unpaired) electrons. The SMILES string of the molecule is O=C(O)C1C=CCN1S(=O)(=O)c1ccc(C2CC2)s1. The number of thiophene rings is 1. The van der Waals surface area contributed by atoms with Crippen molar-refractivity contribution in [2.75, 3.05) is 6.54 Å². The minimum Gasteiger partial charge on any atom is -0.480 e. The Kier molecular flexibility index (Phi) is 2.99. The van der Waals surface area contributed by atoms with Crippen molar-refractivity contribution < 1.29 is 18.3 Å². The molecule has 1 fully saturated rings. The van der Waals surface area contributed by atoms with E-state index in [2.05, 4.69) is 0 Å². The van der Waals surface area contributed by atoms with E-state index in [1.807, 2.05) is 6.07 Å². The Morgan fingerprint density at radius 3 is 2.74 bits per heavy atom. The predicted molar refractivity (Wildman–Crippen MR) is 70.7 cm³/mol. The van der Waals surface area contributed by atoms with Crippen molar-refractivity contribution in [2.24, 2.45) is 0 Å². The highest BCUT2D eigenvalue weighted by atomic mass is 32.2. The van der Waals surface area contributed by atoms with Crippen LogP contribution in [0.3, 0.4) is 0 Å². The average molecular weight is 299 g/mol. The number of carboxylic acids is 1. The Hall–Kier alpha value is -1.18. The van der Waals surface area contributed by atoms with Gasteiger partial charge in [0.2, 0.25) is 0 Å². The van der Waals surface area contributed by atoms with Crippen molar-refractivity contribution in [3.8, 4) is 0 Å². The largest absolute Gasteiger partial charge is 0.480 e. The molecule has 1 aromatic rings. The molecule has 7 heteroatoms. The number of hydrogen-bond donors (Lipinski definition) is 1. The molecular formula is C12H13NO4S2. The monoisotopic (exact) mass is 299 g/mol. The van der Waals surface area contributed by atoms with Gasteiger partial charge in [-0.3, -0.25) is 4.79 Å². The molecule has 1 saturated carbocycles. The Morgan fingerprint density at radius 1 is 1.37 bits per heavy atom. The smallest absolute Gasteiger partial charge is 0.326 e. The topological polar surface area (TPSA) is 74.7 Å². The van der Waals surface area contributed by atoms with Crippen molar-refractivity contribution in [2.45, 2.75) is 29.0 Å². The van der Waals surface area contributed by atoms with Gasteiger partial charge in [0.05, 0.1) is 0 Å². The highest BCUT2D eigenvalue weighted by Gasteiger charge is 2.38. The summed E-state index contributed by atoms with van der Waals surface area (Å²) in [5.41, 5.74) is 0. The van der Waals surface area contributed by atoms with E-state index in [1.165, 1.54) is 17.4 Å². The summed E-state index contributed by atoms with van der Waals surface area (Å²) >= 11 is 1.26. The minimum absolute atomic E-state index is 0.121. The van der Waals surface area contributed by atoms with Crippen LogP contribution in [0, 0.1) is 0 Å². The van der Waals surface area contributed by atoms with Crippen LogP contribution < -0.4 is 0 Å². The second-order valence-corrected chi connectivity index (χ2v) is 7.95. The number of carbonyl (C=O) groups is 1. The molecule has 0 spiro atoms. The summed E-state index contributed by atoms with van der Waals surface area (Å²) < 4.78 is 26.1. The van der Waals surface area contributed by atoms with Crippen LogP contribution in [-0.2, 0) is 14.8 Å². The Bertz CT molecular complexity index is 642. The second-order valence-electron chi connectivity index (χ2n) is 4.72. The van der Waals surface area contributed by atoms with Crippen LogP contribution in [0.2, 0.25) is 0 Å². The Morgan fingerprint density at radius 2 is 2.11 bits per heavy atom. The maximum atomic E-state index is 12.4. The molecule has 2 heterocycles. The first kappa shape index (κ1) is 12.8. The van der Waals surface area contributed by atoms with E-state index in [9.17, 15) is 13.2 Å². The third-order valence-corrected chi connectivity index (χ3v) is 6.87. The van der Waals surface area contributed by atoms with Crippen molar-refractivity contribution in [1.29, 1.82) is 0 Å². The minimum atomic E-state index is -3.71. The highest BCUT2D eigenvalue weighted by Crippen LogP contribution is 2.44. The summed E-state index contributed by atoms with van der Waals surface area (Å²) in [6.45, 7) is 0.121. The van der Waals surface area contributed by atoms with Crippen LogP contribution in [0.4, 0.5) is 0 Å². The lowest BCUT2D eigenvalue weighted by Gasteiger charge is -2.19. The van der Waals surface area contributed by atoms with Crippen LogP contribution in [0.15, 0.2) is 28.5 Å². The van der Waals surface area contributed by atoms with E-state index in [1.54, 1.807) is 12.1 Å². The third kappa shape index (κ3) is 2.22. The number of rotatable bonds is 4. The van der Waals surface area contributed by atoms with Gasteiger partial charge >= 0.3 is 5.97 Å². The van der Waals surface area contributed by atoms with Crippen LogP contribution in [0.1, 0.15) is 23.6 Å². The first-order chi connectivity index (χ1) is 9.00. The highest BCUT2D eigenvalue weighted by molar-refractivity contribution is 7.91. The summed E-state index contributed by atoms with van der Waals surface area (Å²) in [6, 6.07) is 2.34. The normalized spacial score (nSPS) is 23.9. The van der Waals surface area contributed by atoms with Gasteiger partial charge in [0.1, 0.15) is 10.3 Å². The third-order valence-electron chi connectivity index (χ3n) is 3.31. The fourth-order valence-electron chi connectivity index (χ4n) is 2.13. The number of nitrogens with zero attached hydrogens (tertiary/aromatic N) is 1. The zero-order valence-corrected chi connectivity index (χ0v) is 11.7. The molecule has 3 rings (SSSR count). The summed E-state index contributed by atoms with van der Waals surface area (Å²) in [4.78, 5) is 12.1. The maximum absolute atomic E-state index is 12.4. The van der Waals surface area contributed by atoms with Gasteiger partial charge in [-0.05, 0) is 30.9 Å². The summed E-state index contributed by atoms with van der Waals surface area (Å²) in [5, 5.41) is 9.04. The van der Waals surface area contributed by atoms with Crippen molar-refractivity contribution in [3.05, 3.63) is 29.2 Å². The van der Waals surface area contributed by atoms with Gasteiger partial charge in [0, 0.05) is 11.4 Å². The van der Waals surface area contributed by atoms with Crippen molar-refractivity contribution in [1.82, 2.24) is 4.31 Å². The van der Waals surface area contributed by atoms with E-state index >= 15 is 0 Å². The van der Waals surface area contributed by atoms with E-state index < -0.39 is 22.0 Å². The first-order valence-electron chi connectivity index (χ1n) is 6.01. The standard InChI is InChI=1S/C12H13NO4S2/c14-12(15)9-2-1-7-13(9)19(16,17)11-6-5-10(18-11)8-3-4-8/h1-2,5-6,8-9H,3-4,7H2,(H,14,15). The molecule has 102 valence electrons. The molecule has 1 aromatic heterocycles. The van der Waals surface area contributed by atoms with Crippen molar-refractivity contribution >= 4 is 27.3 Å². The molecule has 1 aliphatic carbocycles. The molecule has 0 aromatic carbocycles. The summed E-state index contributed by atoms with van der Waals surface area (Å²) in [7, 11) is -3.71. The molecule has 1 N–H and O–H groups in total. The van der Waals surface area contributed by atoms with Crippen molar-refractivity contribution in [3.63, 3.8) is 0 Å². The number of aliphatic carboxylic acids is 1. The number of carboxylic acid groups (broad SMARTS) is 1. The summed E-state index contributed by atoms with van der Waals surface area (Å²) in [5.74, 6) is -0.641. The number of hydrogen-bond acceptors (Lipinski definition) is 4. The number of sulfonamides is 1. The Balaban J connectivity index is 1.91. The molecule has 2 aliphatic rings. The molecule has 1 unspecified atom stereocenters. The quantitative estimate of drug-likeness (QED) is 0.858. The van der Waals surface area contributed by atoms with Gasteiger partial charge in [-0.1, -0.05) is 12.2 Å². The lowest BCUT2D eigenvalue weighted by atomic mass is 10.3. The lowest BCUT2D eigenvalue weighted by molar-refractivity contribution is -0.139. The summed E-state index contributed by atoms with van der Waals surface area (Å²) in [6.07, 6.45) is 5.22. The fourth-order valence-corrected chi connectivity index (χ4v) is 5.25. The molecule has 1 atom stereocenters. The zero-order valence-electron chi connectivity index (χ0n) is 10.0. The molecule has 19 heavy (non-hydrogen) atoms. The van der Waals surface area contributed by atoms with Gasteiger partial charge in [0.15, 0.2) is 0 Å². The van der Waals surface area contributed by atoms with Gasteiger partial charge in [-0.25, -0.2) is 8.42 Å². The first-order valence-corrected chi connectivity index (χ1v) is 8.27. The van der Waals surface area contributed by atoms with Gasteiger partial charge in [-0.15, -0.1) is 11.3 Å². The van der Waals surface area contributed by atoms with Crippen LogP contribution in [0.5, 0.6) is 0 Å². The molecule has 0 bridgehead atoms. The van der Waals surface area contributed by atoms with E-state index in [0.717, 1.165) is 22.0 Å². The Labute approximate surface area is 115 Å².